The third-order valence-electron chi connectivity index (χ3n) is 5.48. The van der Waals surface area contributed by atoms with E-state index in [-0.39, 0.29) is 18.1 Å². The highest BCUT2D eigenvalue weighted by molar-refractivity contribution is 5.98. The number of aliphatic carboxylic acids is 1. The van der Waals surface area contributed by atoms with E-state index in [2.05, 4.69) is 22.8 Å². The molecule has 0 bridgehead atoms. The zero-order valence-electron chi connectivity index (χ0n) is 17.4. The van der Waals surface area contributed by atoms with Crippen LogP contribution in [0.15, 0.2) is 66.7 Å². The summed E-state index contributed by atoms with van der Waals surface area (Å²) >= 11 is 0. The molecule has 0 radical (unpaired) electrons. The van der Waals surface area contributed by atoms with E-state index in [1.807, 2.05) is 36.4 Å². The third-order valence-corrected chi connectivity index (χ3v) is 5.48. The van der Waals surface area contributed by atoms with Crippen LogP contribution in [-0.4, -0.2) is 36.2 Å². The van der Waals surface area contributed by atoms with Crippen molar-refractivity contribution in [2.75, 3.05) is 18.5 Å². The number of amides is 2. The number of carbonyl (C=O) groups excluding carboxylic acids is 2. The van der Waals surface area contributed by atoms with E-state index in [0.29, 0.717) is 5.69 Å². The summed E-state index contributed by atoms with van der Waals surface area (Å²) in [6, 6.07) is 20.9. The van der Waals surface area contributed by atoms with Gasteiger partial charge in [-0.15, -0.1) is 0 Å². The molecule has 1 aliphatic carbocycles. The second kappa shape index (κ2) is 8.93. The van der Waals surface area contributed by atoms with Gasteiger partial charge in [0.1, 0.15) is 13.2 Å². The van der Waals surface area contributed by atoms with E-state index in [1.54, 1.807) is 19.1 Å². The SMILES string of the molecule is Cc1ccc(C(=O)NCC(=O)O)cc1NC(=O)OCC1c2ccccc2-c2ccccc21. The molecule has 0 heterocycles. The third kappa shape index (κ3) is 4.32. The lowest BCUT2D eigenvalue weighted by Gasteiger charge is -2.15. The van der Waals surface area contributed by atoms with Crippen molar-refractivity contribution in [3.63, 3.8) is 0 Å². The second-order valence-corrected chi connectivity index (χ2v) is 7.56. The van der Waals surface area contributed by atoms with Crippen LogP contribution < -0.4 is 10.6 Å². The van der Waals surface area contributed by atoms with E-state index < -0.39 is 24.5 Å². The molecule has 162 valence electrons. The summed E-state index contributed by atoms with van der Waals surface area (Å²) in [6.07, 6.45) is -0.627. The molecule has 0 saturated heterocycles. The Balaban J connectivity index is 1.44. The number of benzene rings is 3. The smallest absolute Gasteiger partial charge is 0.411 e. The Hall–Kier alpha value is -4.13. The van der Waals surface area contributed by atoms with Crippen LogP contribution in [0.3, 0.4) is 0 Å². The highest BCUT2D eigenvalue weighted by atomic mass is 16.5. The Morgan fingerprint density at radius 3 is 2.19 bits per heavy atom. The molecule has 3 aromatic rings. The summed E-state index contributed by atoms with van der Waals surface area (Å²) in [5.74, 6) is -1.73. The van der Waals surface area contributed by atoms with Crippen LogP contribution in [0.25, 0.3) is 11.1 Å². The fraction of sp³-hybridized carbons (Fsp3) is 0.160. The van der Waals surface area contributed by atoms with Gasteiger partial charge in [-0.1, -0.05) is 54.6 Å². The summed E-state index contributed by atoms with van der Waals surface area (Å²) in [5.41, 5.74) is 5.94. The Morgan fingerprint density at radius 2 is 1.56 bits per heavy atom. The number of carbonyl (C=O) groups is 3. The zero-order valence-corrected chi connectivity index (χ0v) is 17.4. The van der Waals surface area contributed by atoms with Gasteiger partial charge in [-0.05, 0) is 46.9 Å². The molecule has 4 rings (SSSR count). The number of hydrogen-bond acceptors (Lipinski definition) is 4. The fourth-order valence-electron chi connectivity index (χ4n) is 3.90. The van der Waals surface area contributed by atoms with Gasteiger partial charge in [-0.3, -0.25) is 14.9 Å². The number of aryl methyl sites for hydroxylation is 1. The van der Waals surface area contributed by atoms with Gasteiger partial charge in [-0.2, -0.15) is 0 Å². The number of carboxylic acid groups (broad SMARTS) is 1. The summed E-state index contributed by atoms with van der Waals surface area (Å²) in [7, 11) is 0. The Kier molecular flexibility index (Phi) is 5.89. The van der Waals surface area contributed by atoms with Crippen LogP contribution in [0.1, 0.15) is 33.0 Å². The van der Waals surface area contributed by atoms with E-state index in [9.17, 15) is 14.4 Å². The number of ether oxygens (including phenoxy) is 1. The minimum absolute atomic E-state index is 0.0534. The van der Waals surface area contributed by atoms with Crippen LogP contribution in [0, 0.1) is 6.92 Å². The Labute approximate surface area is 185 Å². The molecule has 1 aliphatic rings. The molecule has 7 nitrogen and oxygen atoms in total. The molecule has 32 heavy (non-hydrogen) atoms. The molecule has 0 saturated carbocycles. The molecule has 0 aliphatic heterocycles. The monoisotopic (exact) mass is 430 g/mol. The van der Waals surface area contributed by atoms with Crippen LogP contribution in [-0.2, 0) is 9.53 Å². The van der Waals surface area contributed by atoms with Crippen molar-refractivity contribution in [3.05, 3.63) is 89.0 Å². The van der Waals surface area contributed by atoms with Gasteiger partial charge in [0.05, 0.1) is 0 Å². The molecular formula is C25H22N2O5. The maximum Gasteiger partial charge on any atom is 0.411 e. The summed E-state index contributed by atoms with van der Waals surface area (Å²) < 4.78 is 5.55. The van der Waals surface area contributed by atoms with Crippen molar-refractivity contribution in [3.8, 4) is 11.1 Å². The predicted octanol–water partition coefficient (Wildman–Crippen LogP) is 4.17. The normalized spacial score (nSPS) is 11.9. The molecule has 0 fully saturated rings. The predicted molar refractivity (Wildman–Crippen MR) is 120 cm³/mol. The van der Waals surface area contributed by atoms with Gasteiger partial charge >= 0.3 is 12.1 Å². The molecule has 3 aromatic carbocycles. The Bertz CT molecular complexity index is 1160. The van der Waals surface area contributed by atoms with Crippen molar-refractivity contribution >= 4 is 23.7 Å². The molecule has 0 spiro atoms. The fourth-order valence-corrected chi connectivity index (χ4v) is 3.90. The van der Waals surface area contributed by atoms with E-state index >= 15 is 0 Å². The van der Waals surface area contributed by atoms with E-state index in [0.717, 1.165) is 27.8 Å². The van der Waals surface area contributed by atoms with Gasteiger partial charge in [0.2, 0.25) is 0 Å². The highest BCUT2D eigenvalue weighted by Gasteiger charge is 2.29. The molecule has 0 unspecified atom stereocenters. The Morgan fingerprint density at radius 1 is 0.938 bits per heavy atom. The maximum absolute atomic E-state index is 12.5. The van der Waals surface area contributed by atoms with Crippen molar-refractivity contribution < 1.29 is 24.2 Å². The van der Waals surface area contributed by atoms with Crippen LogP contribution in [0.4, 0.5) is 10.5 Å². The van der Waals surface area contributed by atoms with Gasteiger partial charge in [-0.25, -0.2) is 4.79 Å². The second-order valence-electron chi connectivity index (χ2n) is 7.56. The first-order valence-corrected chi connectivity index (χ1v) is 10.2. The number of rotatable bonds is 6. The van der Waals surface area contributed by atoms with Gasteiger partial charge in [0.15, 0.2) is 0 Å². The van der Waals surface area contributed by atoms with Crippen molar-refractivity contribution in [1.29, 1.82) is 0 Å². The molecule has 0 aromatic heterocycles. The van der Waals surface area contributed by atoms with Crippen LogP contribution in [0.2, 0.25) is 0 Å². The average molecular weight is 430 g/mol. The molecule has 2 amide bonds. The topological polar surface area (TPSA) is 105 Å². The number of nitrogens with one attached hydrogen (secondary N) is 2. The summed E-state index contributed by atoms with van der Waals surface area (Å²) in [5, 5.41) is 13.7. The average Bonchev–Trinajstić information content (AvgIpc) is 3.11. The number of carboxylic acids is 1. The minimum Gasteiger partial charge on any atom is -0.480 e. The van der Waals surface area contributed by atoms with Gasteiger partial charge < -0.3 is 15.2 Å². The first-order valence-electron chi connectivity index (χ1n) is 10.2. The number of anilines is 1. The first-order chi connectivity index (χ1) is 15.4. The van der Waals surface area contributed by atoms with Crippen LogP contribution in [0.5, 0.6) is 0 Å². The quantitative estimate of drug-likeness (QED) is 0.544. The summed E-state index contributed by atoms with van der Waals surface area (Å²) in [4.78, 5) is 35.3. The van der Waals surface area contributed by atoms with Gasteiger partial charge in [0, 0.05) is 17.2 Å². The molecule has 7 heteroatoms. The highest BCUT2D eigenvalue weighted by Crippen LogP contribution is 2.44. The van der Waals surface area contributed by atoms with E-state index in [4.69, 9.17) is 9.84 Å². The molecule has 3 N–H and O–H groups in total. The standard InChI is InChI=1S/C25H22N2O5/c1-15-10-11-16(24(30)26-13-23(28)29)12-22(15)27-25(31)32-14-21-19-8-4-2-6-17(19)18-7-3-5-9-20(18)21/h2-12,21H,13-14H2,1H3,(H,26,30)(H,27,31)(H,28,29). The lowest BCUT2D eigenvalue weighted by atomic mass is 9.98. The maximum atomic E-state index is 12.5. The van der Waals surface area contributed by atoms with Crippen molar-refractivity contribution in [2.24, 2.45) is 0 Å². The van der Waals surface area contributed by atoms with Crippen molar-refractivity contribution in [1.82, 2.24) is 5.32 Å². The molecule has 0 atom stereocenters. The van der Waals surface area contributed by atoms with Gasteiger partial charge in [0.25, 0.3) is 5.91 Å². The first kappa shape index (κ1) is 21.1. The molecular weight excluding hydrogens is 408 g/mol. The lowest BCUT2D eigenvalue weighted by Crippen LogP contribution is -2.29. The largest absolute Gasteiger partial charge is 0.480 e. The summed E-state index contributed by atoms with van der Waals surface area (Å²) in [6.45, 7) is 1.48. The zero-order chi connectivity index (χ0) is 22.7. The number of fused-ring (bicyclic) bond motifs is 3. The van der Waals surface area contributed by atoms with Crippen molar-refractivity contribution in [2.45, 2.75) is 12.8 Å². The lowest BCUT2D eigenvalue weighted by molar-refractivity contribution is -0.135. The van der Waals surface area contributed by atoms with Crippen LogP contribution >= 0.6 is 0 Å². The number of hydrogen-bond donors (Lipinski definition) is 3. The van der Waals surface area contributed by atoms with E-state index in [1.165, 1.54) is 6.07 Å². The minimum atomic E-state index is -1.14.